The number of morpholine rings is 1. The fourth-order valence-corrected chi connectivity index (χ4v) is 3.74. The van der Waals surface area contributed by atoms with Crippen LogP contribution in [0.4, 0.5) is 11.4 Å². The summed E-state index contributed by atoms with van der Waals surface area (Å²) in [6.45, 7) is 10.3. The van der Waals surface area contributed by atoms with Crippen LogP contribution in [-0.4, -0.2) is 50.2 Å². The first-order chi connectivity index (χ1) is 15.0. The first-order valence-electron chi connectivity index (χ1n) is 10.8. The maximum atomic E-state index is 13.0. The standard InChI is InChI=1S/C23H30N4O4/c1-3-25(4-2)17-19-7-5-18(6-8-19)16-24-23(28)21-15-20(27(29)30)9-10-22(21)26-11-13-31-14-12-26/h5-10,15H,3-4,11-14,16-17H2,1-2H3,(H,24,28)/p+1. The van der Waals surface area contributed by atoms with Crippen molar-refractivity contribution in [3.63, 3.8) is 0 Å². The van der Waals surface area contributed by atoms with Gasteiger partial charge < -0.3 is 19.9 Å². The molecule has 8 heteroatoms. The van der Waals surface area contributed by atoms with E-state index >= 15 is 0 Å². The molecule has 1 amide bonds. The van der Waals surface area contributed by atoms with Gasteiger partial charge in [0.2, 0.25) is 0 Å². The molecule has 31 heavy (non-hydrogen) atoms. The monoisotopic (exact) mass is 427 g/mol. The zero-order valence-electron chi connectivity index (χ0n) is 18.2. The molecule has 2 N–H and O–H groups in total. The highest BCUT2D eigenvalue weighted by Gasteiger charge is 2.22. The van der Waals surface area contributed by atoms with Crippen molar-refractivity contribution >= 4 is 17.3 Å². The van der Waals surface area contributed by atoms with Crippen molar-refractivity contribution in [2.75, 3.05) is 44.3 Å². The van der Waals surface area contributed by atoms with Crippen LogP contribution in [0.25, 0.3) is 0 Å². The number of non-ortho nitro benzene ring substituents is 1. The van der Waals surface area contributed by atoms with Crippen molar-refractivity contribution < 1.29 is 19.4 Å². The Morgan fingerprint density at radius 2 is 1.74 bits per heavy atom. The van der Waals surface area contributed by atoms with Crippen molar-refractivity contribution in [3.05, 3.63) is 69.3 Å². The maximum absolute atomic E-state index is 13.0. The molecule has 1 aliphatic heterocycles. The third kappa shape index (κ3) is 6.02. The predicted octanol–water partition coefficient (Wildman–Crippen LogP) is 1.79. The van der Waals surface area contributed by atoms with Crippen LogP contribution in [-0.2, 0) is 17.8 Å². The summed E-state index contributed by atoms with van der Waals surface area (Å²) in [5.74, 6) is -0.318. The smallest absolute Gasteiger partial charge is 0.270 e. The lowest BCUT2D eigenvalue weighted by atomic mass is 10.1. The van der Waals surface area contributed by atoms with Crippen LogP contribution in [0.1, 0.15) is 35.3 Å². The van der Waals surface area contributed by atoms with Crippen LogP contribution >= 0.6 is 0 Å². The van der Waals surface area contributed by atoms with E-state index in [1.807, 2.05) is 17.0 Å². The summed E-state index contributed by atoms with van der Waals surface area (Å²) < 4.78 is 5.38. The molecule has 0 radical (unpaired) electrons. The average molecular weight is 428 g/mol. The number of ether oxygens (including phenoxy) is 1. The molecule has 2 aromatic carbocycles. The van der Waals surface area contributed by atoms with Crippen molar-refractivity contribution in [2.24, 2.45) is 0 Å². The number of anilines is 1. The van der Waals surface area contributed by atoms with Gasteiger partial charge in [0.15, 0.2) is 0 Å². The van der Waals surface area contributed by atoms with E-state index in [2.05, 4.69) is 31.3 Å². The van der Waals surface area contributed by atoms with E-state index in [1.165, 1.54) is 22.6 Å². The van der Waals surface area contributed by atoms with E-state index in [9.17, 15) is 14.9 Å². The fourth-order valence-electron chi connectivity index (χ4n) is 3.74. The molecule has 0 atom stereocenters. The number of nitrogens with one attached hydrogen (secondary N) is 2. The van der Waals surface area contributed by atoms with Gasteiger partial charge in [-0.1, -0.05) is 24.3 Å². The summed E-state index contributed by atoms with van der Waals surface area (Å²) >= 11 is 0. The number of nitro groups is 1. The topological polar surface area (TPSA) is 89.1 Å². The summed E-state index contributed by atoms with van der Waals surface area (Å²) in [5.41, 5.74) is 3.18. The van der Waals surface area contributed by atoms with E-state index in [4.69, 9.17) is 4.74 Å². The number of quaternary nitrogens is 1. The second-order valence-corrected chi connectivity index (χ2v) is 7.69. The maximum Gasteiger partial charge on any atom is 0.270 e. The van der Waals surface area contributed by atoms with Crippen LogP contribution < -0.4 is 15.1 Å². The molecule has 2 aromatic rings. The molecule has 166 valence electrons. The van der Waals surface area contributed by atoms with E-state index < -0.39 is 4.92 Å². The largest absolute Gasteiger partial charge is 0.378 e. The lowest BCUT2D eigenvalue weighted by Crippen LogP contribution is -3.10. The average Bonchev–Trinajstić information content (AvgIpc) is 2.81. The minimum Gasteiger partial charge on any atom is -0.378 e. The molecular formula is C23H31N4O4+. The number of hydrogen-bond donors (Lipinski definition) is 2. The number of rotatable bonds is 9. The van der Waals surface area contributed by atoms with Crippen molar-refractivity contribution in [2.45, 2.75) is 26.9 Å². The van der Waals surface area contributed by atoms with Gasteiger partial charge in [0.25, 0.3) is 11.6 Å². The Labute approximate surface area is 182 Å². The zero-order chi connectivity index (χ0) is 22.2. The number of hydrogen-bond acceptors (Lipinski definition) is 5. The van der Waals surface area contributed by atoms with E-state index in [0.29, 0.717) is 44.1 Å². The Morgan fingerprint density at radius 1 is 1.10 bits per heavy atom. The molecule has 1 saturated heterocycles. The Kier molecular flexibility index (Phi) is 7.97. The number of nitro benzene ring substituents is 1. The first-order valence-corrected chi connectivity index (χ1v) is 10.8. The van der Waals surface area contributed by atoms with Gasteiger partial charge in [-0.2, -0.15) is 0 Å². The molecule has 0 bridgehead atoms. The molecule has 1 fully saturated rings. The van der Waals surface area contributed by atoms with Gasteiger partial charge in [0.1, 0.15) is 6.54 Å². The van der Waals surface area contributed by atoms with Crippen LogP contribution in [0.15, 0.2) is 42.5 Å². The van der Waals surface area contributed by atoms with Gasteiger partial charge in [-0.3, -0.25) is 14.9 Å². The van der Waals surface area contributed by atoms with Gasteiger partial charge in [-0.15, -0.1) is 0 Å². The summed E-state index contributed by atoms with van der Waals surface area (Å²) in [6.07, 6.45) is 0. The van der Waals surface area contributed by atoms with Crippen molar-refractivity contribution in [1.29, 1.82) is 0 Å². The highest BCUT2D eigenvalue weighted by atomic mass is 16.6. The third-order valence-electron chi connectivity index (χ3n) is 5.72. The molecule has 0 unspecified atom stereocenters. The number of carbonyl (C=O) groups is 1. The van der Waals surface area contributed by atoms with Crippen molar-refractivity contribution in [3.8, 4) is 0 Å². The van der Waals surface area contributed by atoms with E-state index in [0.717, 1.165) is 25.2 Å². The minimum atomic E-state index is -0.476. The number of benzene rings is 2. The van der Waals surface area contributed by atoms with E-state index in [1.54, 1.807) is 6.07 Å². The van der Waals surface area contributed by atoms with E-state index in [-0.39, 0.29) is 11.6 Å². The second kappa shape index (κ2) is 10.9. The Balaban J connectivity index is 1.70. The Morgan fingerprint density at radius 3 is 2.35 bits per heavy atom. The fraction of sp³-hybridized carbons (Fsp3) is 0.435. The van der Waals surface area contributed by atoms with Crippen molar-refractivity contribution in [1.82, 2.24) is 5.32 Å². The molecule has 0 saturated carbocycles. The quantitative estimate of drug-likeness (QED) is 0.471. The third-order valence-corrected chi connectivity index (χ3v) is 5.72. The Hall–Kier alpha value is -2.97. The predicted molar refractivity (Wildman–Crippen MR) is 119 cm³/mol. The summed E-state index contributed by atoms with van der Waals surface area (Å²) in [7, 11) is 0. The summed E-state index contributed by atoms with van der Waals surface area (Å²) in [5, 5.41) is 14.2. The van der Waals surface area contributed by atoms with Gasteiger partial charge in [-0.25, -0.2) is 0 Å². The lowest BCUT2D eigenvalue weighted by Gasteiger charge is -2.30. The highest BCUT2D eigenvalue weighted by Crippen LogP contribution is 2.26. The SMILES string of the molecule is CC[NH+](CC)Cc1ccc(CNC(=O)c2cc([N+](=O)[O-])ccc2N2CCOCC2)cc1. The Bertz CT molecular complexity index is 891. The molecule has 1 heterocycles. The molecular weight excluding hydrogens is 396 g/mol. The second-order valence-electron chi connectivity index (χ2n) is 7.69. The number of nitrogens with zero attached hydrogens (tertiary/aromatic N) is 2. The molecule has 1 aliphatic rings. The van der Waals surface area contributed by atoms with Gasteiger partial charge >= 0.3 is 0 Å². The van der Waals surface area contributed by atoms with Crippen LogP contribution in [0, 0.1) is 10.1 Å². The number of amides is 1. The first kappa shape index (κ1) is 22.7. The molecule has 0 aliphatic carbocycles. The lowest BCUT2D eigenvalue weighted by molar-refractivity contribution is -0.910. The van der Waals surface area contributed by atoms with Crippen LogP contribution in [0.3, 0.4) is 0 Å². The normalized spacial score (nSPS) is 14.0. The number of carbonyl (C=O) groups excluding carboxylic acids is 1. The summed E-state index contributed by atoms with van der Waals surface area (Å²) in [4.78, 5) is 27.3. The molecule has 0 spiro atoms. The van der Waals surface area contributed by atoms with Gasteiger partial charge in [-0.05, 0) is 25.5 Å². The van der Waals surface area contributed by atoms with Gasteiger partial charge in [0, 0.05) is 37.3 Å². The van der Waals surface area contributed by atoms with Gasteiger partial charge in [0.05, 0.1) is 42.5 Å². The molecule has 0 aromatic heterocycles. The molecule has 8 nitrogen and oxygen atoms in total. The van der Waals surface area contributed by atoms with Crippen LogP contribution in [0.5, 0.6) is 0 Å². The zero-order valence-corrected chi connectivity index (χ0v) is 18.2. The highest BCUT2D eigenvalue weighted by molar-refractivity contribution is 6.00. The molecule has 3 rings (SSSR count). The minimum absolute atomic E-state index is 0.0922. The van der Waals surface area contributed by atoms with Crippen LogP contribution in [0.2, 0.25) is 0 Å². The summed E-state index contributed by atoms with van der Waals surface area (Å²) in [6, 6.07) is 12.7.